The van der Waals surface area contributed by atoms with Gasteiger partial charge in [0.1, 0.15) is 5.75 Å². The van der Waals surface area contributed by atoms with Crippen LogP contribution < -0.4 is 10.1 Å². The van der Waals surface area contributed by atoms with Gasteiger partial charge in [0, 0.05) is 18.1 Å². The van der Waals surface area contributed by atoms with Gasteiger partial charge in [-0.2, -0.15) is 0 Å². The molecule has 130 valence electrons. The summed E-state index contributed by atoms with van der Waals surface area (Å²) in [6, 6.07) is 14.4. The molecule has 0 aromatic heterocycles. The molecule has 0 radical (unpaired) electrons. The Balaban J connectivity index is 1.94. The van der Waals surface area contributed by atoms with Crippen LogP contribution in [-0.2, 0) is 9.59 Å². The molecule has 0 heterocycles. The lowest BCUT2D eigenvalue weighted by atomic mass is 10.2. The van der Waals surface area contributed by atoms with Gasteiger partial charge >= 0.3 is 0 Å². The molecule has 25 heavy (non-hydrogen) atoms. The van der Waals surface area contributed by atoms with Crippen molar-refractivity contribution >= 4 is 35.2 Å². The highest BCUT2D eigenvalue weighted by molar-refractivity contribution is 6.31. The van der Waals surface area contributed by atoms with Gasteiger partial charge in [0.05, 0.1) is 19.3 Å². The predicted octanol–water partition coefficient (Wildman–Crippen LogP) is 3.46. The highest BCUT2D eigenvalue weighted by atomic mass is 35.5. The van der Waals surface area contributed by atoms with E-state index in [1.165, 1.54) is 18.1 Å². The first-order valence-electron chi connectivity index (χ1n) is 7.61. The molecule has 2 aromatic rings. The van der Waals surface area contributed by atoms with Crippen molar-refractivity contribution in [2.45, 2.75) is 0 Å². The summed E-state index contributed by atoms with van der Waals surface area (Å²) in [6.07, 6.45) is 3.14. The van der Waals surface area contributed by atoms with Crippen LogP contribution in [0.15, 0.2) is 54.6 Å². The number of methoxy groups -OCH3 is 1. The van der Waals surface area contributed by atoms with E-state index in [9.17, 15) is 9.59 Å². The fourth-order valence-electron chi connectivity index (χ4n) is 2.12. The monoisotopic (exact) mass is 358 g/mol. The summed E-state index contributed by atoms with van der Waals surface area (Å²) in [7, 11) is 3.06. The standard InChI is InChI=1S/C19H19ClN2O3/c1-22(19(24)11-8-14-6-4-3-5-7-14)13-18(23)21-16-12-15(20)9-10-17(16)25-2/h3-12H,13H2,1-2H3,(H,21,23). The van der Waals surface area contributed by atoms with Crippen molar-refractivity contribution in [3.05, 3.63) is 65.2 Å². The lowest BCUT2D eigenvalue weighted by Gasteiger charge is -2.16. The van der Waals surface area contributed by atoms with E-state index in [1.807, 2.05) is 30.3 Å². The molecule has 2 rings (SSSR count). The lowest BCUT2D eigenvalue weighted by molar-refractivity contribution is -0.129. The van der Waals surface area contributed by atoms with E-state index < -0.39 is 0 Å². The van der Waals surface area contributed by atoms with Crippen molar-refractivity contribution in [1.29, 1.82) is 0 Å². The first-order valence-corrected chi connectivity index (χ1v) is 7.99. The van der Waals surface area contributed by atoms with Gasteiger partial charge in [-0.05, 0) is 29.8 Å². The zero-order chi connectivity index (χ0) is 18.2. The number of ether oxygens (including phenoxy) is 1. The largest absolute Gasteiger partial charge is 0.495 e. The maximum absolute atomic E-state index is 12.2. The second kappa shape index (κ2) is 8.89. The second-order valence-electron chi connectivity index (χ2n) is 5.33. The minimum Gasteiger partial charge on any atom is -0.495 e. The minimum atomic E-state index is -0.343. The van der Waals surface area contributed by atoms with Crippen LogP contribution in [0.3, 0.4) is 0 Å². The van der Waals surface area contributed by atoms with Crippen molar-refractivity contribution in [2.75, 3.05) is 26.0 Å². The van der Waals surface area contributed by atoms with E-state index >= 15 is 0 Å². The van der Waals surface area contributed by atoms with Crippen LogP contribution in [0.1, 0.15) is 5.56 Å². The molecule has 0 aliphatic rings. The number of nitrogens with zero attached hydrogens (tertiary/aromatic N) is 1. The molecule has 2 aromatic carbocycles. The third-order valence-corrected chi connectivity index (χ3v) is 3.65. The number of carbonyl (C=O) groups excluding carboxylic acids is 2. The van der Waals surface area contributed by atoms with Crippen LogP contribution in [0.2, 0.25) is 5.02 Å². The van der Waals surface area contributed by atoms with E-state index in [0.717, 1.165) is 5.56 Å². The Hall–Kier alpha value is -2.79. The molecule has 0 spiro atoms. The van der Waals surface area contributed by atoms with Gasteiger partial charge in [-0.1, -0.05) is 41.9 Å². The number of carbonyl (C=O) groups is 2. The zero-order valence-electron chi connectivity index (χ0n) is 14.0. The number of nitrogens with one attached hydrogen (secondary N) is 1. The number of halogens is 1. The van der Waals surface area contributed by atoms with Gasteiger partial charge in [0.2, 0.25) is 11.8 Å². The zero-order valence-corrected chi connectivity index (χ0v) is 14.8. The summed E-state index contributed by atoms with van der Waals surface area (Å²) in [5, 5.41) is 3.17. The Bertz CT molecular complexity index is 775. The first kappa shape index (κ1) is 18.5. The summed E-state index contributed by atoms with van der Waals surface area (Å²) in [5.74, 6) is -0.114. The molecule has 6 heteroatoms. The van der Waals surface area contributed by atoms with Crippen molar-refractivity contribution in [1.82, 2.24) is 4.90 Å². The summed E-state index contributed by atoms with van der Waals surface area (Å²) in [4.78, 5) is 25.6. The van der Waals surface area contributed by atoms with Gasteiger partial charge in [0.25, 0.3) is 0 Å². The van der Waals surface area contributed by atoms with Gasteiger partial charge in [0.15, 0.2) is 0 Å². The summed E-state index contributed by atoms with van der Waals surface area (Å²) >= 11 is 5.93. The molecule has 0 atom stereocenters. The van der Waals surface area contributed by atoms with E-state index in [2.05, 4.69) is 5.32 Å². The Morgan fingerprint density at radius 2 is 1.92 bits per heavy atom. The van der Waals surface area contributed by atoms with Crippen molar-refractivity contribution < 1.29 is 14.3 Å². The maximum Gasteiger partial charge on any atom is 0.246 e. The topological polar surface area (TPSA) is 58.6 Å². The maximum atomic E-state index is 12.2. The van der Waals surface area contributed by atoms with E-state index in [4.69, 9.17) is 16.3 Å². The van der Waals surface area contributed by atoms with Crippen molar-refractivity contribution in [3.8, 4) is 5.75 Å². The fourth-order valence-corrected chi connectivity index (χ4v) is 2.29. The molecule has 0 aliphatic heterocycles. The van der Waals surface area contributed by atoms with Crippen LogP contribution in [0.5, 0.6) is 5.75 Å². The molecule has 0 fully saturated rings. The van der Waals surface area contributed by atoms with Crippen LogP contribution >= 0.6 is 11.6 Å². The molecule has 5 nitrogen and oxygen atoms in total. The fraction of sp³-hybridized carbons (Fsp3) is 0.158. The highest BCUT2D eigenvalue weighted by Crippen LogP contribution is 2.27. The van der Waals surface area contributed by atoms with Crippen LogP contribution in [-0.4, -0.2) is 37.4 Å². The molecule has 0 aliphatic carbocycles. The average molecular weight is 359 g/mol. The summed E-state index contributed by atoms with van der Waals surface area (Å²) in [5.41, 5.74) is 1.37. The molecule has 0 bridgehead atoms. The third kappa shape index (κ3) is 5.65. The van der Waals surface area contributed by atoms with Crippen LogP contribution in [0, 0.1) is 0 Å². The van der Waals surface area contributed by atoms with Crippen molar-refractivity contribution in [2.24, 2.45) is 0 Å². The molecule has 0 saturated heterocycles. The van der Waals surface area contributed by atoms with E-state index in [-0.39, 0.29) is 18.4 Å². The Kier molecular flexibility index (Phi) is 6.60. The van der Waals surface area contributed by atoms with Crippen LogP contribution in [0.25, 0.3) is 6.08 Å². The molecule has 1 N–H and O–H groups in total. The Labute approximate surface area is 151 Å². The predicted molar refractivity (Wildman–Crippen MR) is 99.7 cm³/mol. The Morgan fingerprint density at radius 3 is 2.60 bits per heavy atom. The first-order chi connectivity index (χ1) is 12.0. The second-order valence-corrected chi connectivity index (χ2v) is 5.77. The number of rotatable bonds is 6. The van der Waals surface area contributed by atoms with Crippen LogP contribution in [0.4, 0.5) is 5.69 Å². The number of benzene rings is 2. The number of amides is 2. The number of likely N-dealkylation sites (N-methyl/N-ethyl adjacent to an activating group) is 1. The molecule has 0 unspecified atom stereocenters. The molecule has 0 saturated carbocycles. The van der Waals surface area contributed by atoms with Gasteiger partial charge in [-0.15, -0.1) is 0 Å². The third-order valence-electron chi connectivity index (χ3n) is 3.41. The van der Waals surface area contributed by atoms with E-state index in [0.29, 0.717) is 16.5 Å². The molecular weight excluding hydrogens is 340 g/mol. The smallest absolute Gasteiger partial charge is 0.246 e. The molecule has 2 amide bonds. The number of hydrogen-bond acceptors (Lipinski definition) is 3. The normalized spacial score (nSPS) is 10.5. The van der Waals surface area contributed by atoms with E-state index in [1.54, 1.807) is 31.3 Å². The quantitative estimate of drug-likeness (QED) is 0.804. The van der Waals surface area contributed by atoms with Gasteiger partial charge in [-0.25, -0.2) is 0 Å². The highest BCUT2D eigenvalue weighted by Gasteiger charge is 2.13. The Morgan fingerprint density at radius 1 is 1.20 bits per heavy atom. The van der Waals surface area contributed by atoms with Gasteiger partial charge < -0.3 is 15.0 Å². The average Bonchev–Trinajstić information content (AvgIpc) is 2.60. The number of anilines is 1. The number of hydrogen-bond donors (Lipinski definition) is 1. The molecular formula is C19H19ClN2O3. The van der Waals surface area contributed by atoms with Gasteiger partial charge in [-0.3, -0.25) is 9.59 Å². The summed E-state index contributed by atoms with van der Waals surface area (Å²) in [6.45, 7) is -0.0897. The SMILES string of the molecule is COc1ccc(Cl)cc1NC(=O)CN(C)C(=O)C=Cc1ccccc1. The van der Waals surface area contributed by atoms with Crippen molar-refractivity contribution in [3.63, 3.8) is 0 Å². The minimum absolute atomic E-state index is 0.0897. The summed E-state index contributed by atoms with van der Waals surface area (Å²) < 4.78 is 5.18. The lowest BCUT2D eigenvalue weighted by Crippen LogP contribution is -2.33.